The molecule has 2 rings (SSSR count). The minimum Gasteiger partial charge on any atom is -0.411 e. The fourth-order valence-electron chi connectivity index (χ4n) is 3.74. The van der Waals surface area contributed by atoms with E-state index < -0.39 is 0 Å². The lowest BCUT2D eigenvalue weighted by Crippen LogP contribution is -2.32. The van der Waals surface area contributed by atoms with Crippen LogP contribution in [0.25, 0.3) is 0 Å². The summed E-state index contributed by atoms with van der Waals surface area (Å²) < 4.78 is 5.66. The van der Waals surface area contributed by atoms with E-state index in [4.69, 9.17) is 4.18 Å². The Labute approximate surface area is 116 Å². The Morgan fingerprint density at radius 2 is 1.83 bits per heavy atom. The summed E-state index contributed by atoms with van der Waals surface area (Å²) in [6, 6.07) is 0. The molecule has 0 N–H and O–H groups in total. The summed E-state index contributed by atoms with van der Waals surface area (Å²) in [6.45, 7) is 2.94. The fourth-order valence-corrected chi connectivity index (χ4v) is 4.10. The summed E-state index contributed by atoms with van der Waals surface area (Å²) in [6.07, 6.45) is 14.7. The Morgan fingerprint density at radius 1 is 1.17 bits per heavy atom. The second-order valence-corrected chi connectivity index (χ2v) is 6.40. The van der Waals surface area contributed by atoms with Gasteiger partial charge in [0.1, 0.15) is 0 Å². The van der Waals surface area contributed by atoms with Gasteiger partial charge >= 0.3 is 0 Å². The lowest BCUT2D eigenvalue weighted by Gasteiger charge is -2.42. The third kappa shape index (κ3) is 3.43. The van der Waals surface area contributed by atoms with Crippen molar-refractivity contribution in [3.05, 3.63) is 0 Å². The topological polar surface area (TPSA) is 21.6 Å². The first kappa shape index (κ1) is 14.2. The van der Waals surface area contributed by atoms with Crippen LogP contribution in [0.5, 0.6) is 0 Å². The molecule has 0 heterocycles. The van der Waals surface area contributed by atoms with Crippen LogP contribution in [0.4, 0.5) is 0 Å². The van der Waals surface area contributed by atoms with Gasteiger partial charge in [0.15, 0.2) is 0 Å². The van der Waals surface area contributed by atoms with Crippen molar-refractivity contribution in [3.63, 3.8) is 0 Å². The molecular formula is C15H27NOS. The maximum Gasteiger partial charge on any atom is 0.202 e. The molecule has 0 aromatic carbocycles. The van der Waals surface area contributed by atoms with Gasteiger partial charge in [-0.1, -0.05) is 19.3 Å². The van der Waals surface area contributed by atoms with Crippen molar-refractivity contribution in [1.82, 2.24) is 0 Å². The first-order valence-corrected chi connectivity index (χ1v) is 8.70. The quantitative estimate of drug-likeness (QED) is 0.415. The number of nitrogens with zero attached hydrogens (tertiary/aromatic N) is 1. The number of hydrogen-bond donors (Lipinski definition) is 0. The van der Waals surface area contributed by atoms with Gasteiger partial charge in [-0.05, 0) is 50.9 Å². The highest BCUT2D eigenvalue weighted by Crippen LogP contribution is 2.49. The summed E-state index contributed by atoms with van der Waals surface area (Å²) >= 11 is 1.44. The molecular weight excluding hydrogens is 242 g/mol. The van der Waals surface area contributed by atoms with E-state index in [0.717, 1.165) is 12.4 Å². The summed E-state index contributed by atoms with van der Waals surface area (Å²) in [5.41, 5.74) is 0.700. The average molecular weight is 269 g/mol. The molecule has 0 bridgehead atoms. The van der Waals surface area contributed by atoms with Crippen LogP contribution < -0.4 is 0 Å². The Bertz CT molecular complexity index is 274. The smallest absolute Gasteiger partial charge is 0.202 e. The second-order valence-electron chi connectivity index (χ2n) is 5.90. The van der Waals surface area contributed by atoms with Gasteiger partial charge in [0, 0.05) is 18.7 Å². The molecule has 0 aliphatic heterocycles. The van der Waals surface area contributed by atoms with Gasteiger partial charge in [0.05, 0.1) is 12.0 Å². The van der Waals surface area contributed by atoms with Crippen molar-refractivity contribution >= 4 is 17.9 Å². The third-order valence-electron chi connectivity index (χ3n) is 4.79. The standard InChI is InChI=1S/C15H27NOS/c1-3-16-14(17-18-2)13-7-11-15(12-8-13)9-5-4-6-10-15/h13H,3-12H2,1-2H3/b16-14-. The monoisotopic (exact) mass is 269 g/mol. The Hall–Kier alpha value is -0.180. The van der Waals surface area contributed by atoms with E-state index in [-0.39, 0.29) is 0 Å². The molecule has 18 heavy (non-hydrogen) atoms. The van der Waals surface area contributed by atoms with E-state index in [1.54, 1.807) is 0 Å². The number of aliphatic imine (C=N–C) groups is 1. The van der Waals surface area contributed by atoms with Gasteiger partial charge in [-0.3, -0.25) is 4.99 Å². The third-order valence-corrected chi connectivity index (χ3v) is 5.13. The van der Waals surface area contributed by atoms with Crippen molar-refractivity contribution in [3.8, 4) is 0 Å². The summed E-state index contributed by atoms with van der Waals surface area (Å²) in [7, 11) is 0. The van der Waals surface area contributed by atoms with Crippen molar-refractivity contribution < 1.29 is 4.18 Å². The van der Waals surface area contributed by atoms with Crippen LogP contribution in [0.1, 0.15) is 64.7 Å². The van der Waals surface area contributed by atoms with Crippen molar-refractivity contribution in [2.24, 2.45) is 16.3 Å². The first-order chi connectivity index (χ1) is 8.79. The predicted molar refractivity (Wildman–Crippen MR) is 80.1 cm³/mol. The maximum absolute atomic E-state index is 5.66. The Morgan fingerprint density at radius 3 is 2.39 bits per heavy atom. The zero-order valence-corrected chi connectivity index (χ0v) is 12.7. The molecule has 104 valence electrons. The Balaban J connectivity index is 1.90. The van der Waals surface area contributed by atoms with E-state index in [2.05, 4.69) is 11.9 Å². The van der Waals surface area contributed by atoms with E-state index >= 15 is 0 Å². The van der Waals surface area contributed by atoms with E-state index in [1.807, 2.05) is 6.26 Å². The molecule has 0 unspecified atom stereocenters. The van der Waals surface area contributed by atoms with E-state index in [1.165, 1.54) is 69.8 Å². The summed E-state index contributed by atoms with van der Waals surface area (Å²) in [5.74, 6) is 1.60. The average Bonchev–Trinajstić information content (AvgIpc) is 2.40. The summed E-state index contributed by atoms with van der Waals surface area (Å²) in [4.78, 5) is 4.54. The predicted octanol–water partition coefficient (Wildman–Crippen LogP) is 4.84. The molecule has 0 amide bonds. The molecule has 0 radical (unpaired) electrons. The summed E-state index contributed by atoms with van der Waals surface area (Å²) in [5, 5.41) is 0. The van der Waals surface area contributed by atoms with Crippen LogP contribution in [-0.2, 0) is 4.18 Å². The van der Waals surface area contributed by atoms with Gasteiger partial charge in [-0.15, -0.1) is 0 Å². The van der Waals surface area contributed by atoms with Gasteiger partial charge in [-0.25, -0.2) is 0 Å². The SMILES string of the molecule is CC/N=C(\OSC)C1CCC2(CCCCC2)CC1. The fraction of sp³-hybridized carbons (Fsp3) is 0.933. The molecule has 2 saturated carbocycles. The zero-order valence-electron chi connectivity index (χ0n) is 11.9. The Kier molecular flexibility index (Phi) is 5.40. The molecule has 2 aliphatic rings. The minimum atomic E-state index is 0.588. The van der Waals surface area contributed by atoms with Crippen molar-refractivity contribution in [1.29, 1.82) is 0 Å². The van der Waals surface area contributed by atoms with Gasteiger partial charge < -0.3 is 4.18 Å². The largest absolute Gasteiger partial charge is 0.411 e. The first-order valence-electron chi connectivity index (χ1n) is 7.55. The van der Waals surface area contributed by atoms with Crippen LogP contribution in [0.3, 0.4) is 0 Å². The highest BCUT2D eigenvalue weighted by atomic mass is 32.2. The van der Waals surface area contributed by atoms with Crippen LogP contribution >= 0.6 is 12.0 Å². The lowest BCUT2D eigenvalue weighted by atomic mass is 9.63. The highest BCUT2D eigenvalue weighted by Gasteiger charge is 2.37. The molecule has 0 aromatic rings. The molecule has 0 atom stereocenters. The molecule has 0 aromatic heterocycles. The van der Waals surface area contributed by atoms with Crippen molar-refractivity contribution in [2.45, 2.75) is 64.7 Å². The molecule has 2 aliphatic carbocycles. The normalized spacial score (nSPS) is 25.3. The molecule has 3 heteroatoms. The van der Waals surface area contributed by atoms with E-state index in [0.29, 0.717) is 11.3 Å². The minimum absolute atomic E-state index is 0.588. The van der Waals surface area contributed by atoms with Crippen molar-refractivity contribution in [2.75, 3.05) is 12.8 Å². The van der Waals surface area contributed by atoms with Crippen LogP contribution in [0.15, 0.2) is 4.99 Å². The van der Waals surface area contributed by atoms with Gasteiger partial charge in [-0.2, -0.15) is 0 Å². The van der Waals surface area contributed by atoms with Gasteiger partial charge in [0.2, 0.25) is 5.90 Å². The van der Waals surface area contributed by atoms with E-state index in [9.17, 15) is 0 Å². The molecule has 2 nitrogen and oxygen atoms in total. The molecule has 0 saturated heterocycles. The van der Waals surface area contributed by atoms with Gasteiger partial charge in [0.25, 0.3) is 0 Å². The highest BCUT2D eigenvalue weighted by molar-refractivity contribution is 7.94. The van der Waals surface area contributed by atoms with Crippen LogP contribution in [0, 0.1) is 11.3 Å². The molecule has 1 spiro atoms. The zero-order chi connectivity index (χ0) is 12.8. The number of hydrogen-bond acceptors (Lipinski definition) is 3. The molecule has 2 fully saturated rings. The van der Waals surface area contributed by atoms with Crippen LogP contribution in [-0.4, -0.2) is 18.7 Å². The van der Waals surface area contributed by atoms with Crippen LogP contribution in [0.2, 0.25) is 0 Å². The maximum atomic E-state index is 5.66. The number of rotatable bonds is 3. The second kappa shape index (κ2) is 6.83. The lowest BCUT2D eigenvalue weighted by molar-refractivity contribution is 0.109.